The second-order valence-electron chi connectivity index (χ2n) is 16.7. The van der Waals surface area contributed by atoms with Crippen molar-refractivity contribution >= 4 is 44.1 Å². The quantitative estimate of drug-likeness (QED) is 0.0962. The molecule has 2 N–H and O–H groups in total. The van der Waals surface area contributed by atoms with Gasteiger partial charge < -0.3 is 28.9 Å². The van der Waals surface area contributed by atoms with Crippen LogP contribution in [0, 0.1) is 0 Å². The summed E-state index contributed by atoms with van der Waals surface area (Å²) in [5, 5.41) is 3.43. The first-order chi connectivity index (χ1) is 31.3. The molecule has 0 spiro atoms. The Balaban J connectivity index is 1.36. The molecule has 64 heavy (non-hydrogen) atoms. The Morgan fingerprint density at radius 1 is 0.328 bits per heavy atom. The Labute approximate surface area is 374 Å². The second-order valence-corrected chi connectivity index (χ2v) is 16.7. The van der Waals surface area contributed by atoms with Crippen LogP contribution in [-0.4, -0.2) is 64.3 Å². The lowest BCUT2D eigenvalue weighted by atomic mass is 10.1. The number of ether oxygens (including phenoxy) is 4. The van der Waals surface area contributed by atoms with E-state index in [9.17, 15) is 0 Å². The van der Waals surface area contributed by atoms with Gasteiger partial charge in [0.05, 0.1) is 24.4 Å². The molecule has 0 saturated heterocycles. The minimum Gasteiger partial charge on any atom is -0.490 e. The van der Waals surface area contributed by atoms with Crippen molar-refractivity contribution in [3.8, 4) is 68.5 Å². The number of H-pyrrole nitrogens is 2. The Hall–Kier alpha value is -6.56. The molecule has 2 aliphatic heterocycles. The van der Waals surface area contributed by atoms with Gasteiger partial charge in [-0.25, -0.2) is 29.9 Å². The van der Waals surface area contributed by atoms with Crippen LogP contribution in [0.4, 0.5) is 0 Å². The van der Waals surface area contributed by atoms with E-state index in [1.54, 1.807) is 0 Å². The van der Waals surface area contributed by atoms with Crippen molar-refractivity contribution in [2.24, 2.45) is 0 Å². The van der Waals surface area contributed by atoms with Crippen LogP contribution in [0.5, 0.6) is 23.0 Å². The fourth-order valence-electron chi connectivity index (χ4n) is 8.60. The summed E-state index contributed by atoms with van der Waals surface area (Å²) >= 11 is 0. The average Bonchev–Trinajstić information content (AvgIpc) is 4.05. The van der Waals surface area contributed by atoms with Gasteiger partial charge in [-0.15, -0.1) is 0 Å². The van der Waals surface area contributed by atoms with Crippen molar-refractivity contribution in [2.45, 2.75) is 131 Å². The molecule has 330 valence electrons. The summed E-state index contributed by atoms with van der Waals surface area (Å²) in [6.07, 6.45) is 7.52. The lowest BCUT2D eigenvalue weighted by Gasteiger charge is -2.16. The smallest absolute Gasteiger partial charge is 0.164 e. The summed E-state index contributed by atoms with van der Waals surface area (Å²) in [5.41, 5.74) is 5.70. The Kier molecular flexibility index (Phi) is 12.2. The van der Waals surface area contributed by atoms with Gasteiger partial charge >= 0.3 is 0 Å². The van der Waals surface area contributed by atoms with Crippen molar-refractivity contribution in [2.75, 3.05) is 0 Å². The van der Waals surface area contributed by atoms with Crippen LogP contribution >= 0.6 is 0 Å². The van der Waals surface area contributed by atoms with E-state index >= 15 is 0 Å². The van der Waals surface area contributed by atoms with Crippen LogP contribution in [-0.2, 0) is 0 Å². The minimum atomic E-state index is 0.0844. The monoisotopic (exact) mass is 858 g/mol. The summed E-state index contributed by atoms with van der Waals surface area (Å²) in [6, 6.07) is 24.3. The number of benzene rings is 4. The number of aromatic nitrogens is 8. The molecule has 0 saturated carbocycles. The number of aromatic amines is 2. The van der Waals surface area contributed by atoms with Crippen molar-refractivity contribution in [3.05, 3.63) is 72.8 Å². The van der Waals surface area contributed by atoms with Gasteiger partial charge in [-0.2, -0.15) is 0 Å². The van der Waals surface area contributed by atoms with Gasteiger partial charge in [0.1, 0.15) is 45.6 Å². The van der Waals surface area contributed by atoms with Crippen LogP contribution in [0.2, 0.25) is 0 Å². The molecule has 8 bridgehead atoms. The maximum Gasteiger partial charge on any atom is 0.164 e. The molecule has 0 atom stereocenters. The fraction of sp³-hybridized carbons (Fsp3) is 0.385. The topological polar surface area (TPSA) is 146 Å². The molecule has 4 aromatic carbocycles. The molecule has 0 radical (unpaired) electrons. The van der Waals surface area contributed by atoms with Gasteiger partial charge in [-0.1, -0.05) is 55.4 Å². The lowest BCUT2D eigenvalue weighted by Crippen LogP contribution is -2.13. The van der Waals surface area contributed by atoms with E-state index in [2.05, 4.69) is 65.4 Å². The number of hydrogen-bond acceptors (Lipinski definition) is 10. The maximum atomic E-state index is 6.47. The predicted octanol–water partition coefficient (Wildman–Crippen LogP) is 13.1. The first-order valence-electron chi connectivity index (χ1n) is 23.3. The molecular weight excluding hydrogens is 801 g/mol. The highest BCUT2D eigenvalue weighted by Gasteiger charge is 2.25. The predicted molar refractivity (Wildman–Crippen MR) is 256 cm³/mol. The molecule has 0 aliphatic carbocycles. The van der Waals surface area contributed by atoms with Gasteiger partial charge in [-0.05, 0) is 124 Å². The molecule has 12 nitrogen and oxygen atoms in total. The standard InChI is InChI=1S/C52H58N8O4/c1-9-29(10-2)61-33-17-21-37-41(25-33)49-53-45(37)58-50-43-27-35(63-31(13-5)14-6)19-23-39(43)47(55-50)60-52-44-28-36(64-32(15-7)16-8)20-24-40(44)48(56-52)59-51-42-26-34(62-30(11-3)12-4)18-22-38(42)46(54-51)57-49/h17-32H,9-16H2,1-8H3,(H2,53,54,55,56,57,58,59,60). The third-order valence-corrected chi connectivity index (χ3v) is 12.6. The van der Waals surface area contributed by atoms with Gasteiger partial charge in [0, 0.05) is 43.8 Å². The maximum absolute atomic E-state index is 6.47. The Morgan fingerprint density at radius 3 is 0.938 bits per heavy atom. The largest absolute Gasteiger partial charge is 0.490 e. The third kappa shape index (κ3) is 8.21. The van der Waals surface area contributed by atoms with Crippen LogP contribution in [0.25, 0.3) is 89.7 Å². The molecule has 0 fully saturated rings. The highest BCUT2D eigenvalue weighted by atomic mass is 16.5. The molecule has 7 aromatic rings. The SMILES string of the molecule is CCC(CC)Oc1ccc2c(c1)-c1nc-2nc2[nH]c(nc3nc(nc4[nH]c(n1)c1ccc(OC(CC)CC)cc41)-c1ccc(OC(CC)CC)cc1-3)c1ccc(OC(CC)CC)cc21. The molecule has 12 heteroatoms. The third-order valence-electron chi connectivity index (χ3n) is 12.6. The molecule has 5 heterocycles. The van der Waals surface area contributed by atoms with Crippen molar-refractivity contribution < 1.29 is 18.9 Å². The van der Waals surface area contributed by atoms with Crippen molar-refractivity contribution in [1.29, 1.82) is 0 Å². The normalized spacial score (nSPS) is 12.2. The first kappa shape index (κ1) is 42.7. The van der Waals surface area contributed by atoms with E-state index < -0.39 is 0 Å². The molecule has 9 rings (SSSR count). The molecular formula is C52H58N8O4. The summed E-state index contributed by atoms with van der Waals surface area (Å²) in [5.74, 6) is 5.07. The number of nitrogens with zero attached hydrogens (tertiary/aromatic N) is 6. The van der Waals surface area contributed by atoms with Crippen molar-refractivity contribution in [1.82, 2.24) is 39.9 Å². The zero-order chi connectivity index (χ0) is 44.5. The van der Waals surface area contributed by atoms with E-state index in [1.807, 2.05) is 72.8 Å². The lowest BCUT2D eigenvalue weighted by molar-refractivity contribution is 0.193. The Bertz CT molecular complexity index is 2790. The van der Waals surface area contributed by atoms with E-state index in [0.29, 0.717) is 45.9 Å². The van der Waals surface area contributed by atoms with E-state index in [1.165, 1.54) is 0 Å². The van der Waals surface area contributed by atoms with Crippen LogP contribution in [0.15, 0.2) is 72.8 Å². The van der Waals surface area contributed by atoms with Crippen molar-refractivity contribution in [3.63, 3.8) is 0 Å². The van der Waals surface area contributed by atoms with Gasteiger partial charge in [0.15, 0.2) is 23.3 Å². The summed E-state index contributed by atoms with van der Waals surface area (Å²) in [4.78, 5) is 38.6. The number of nitrogens with one attached hydrogen (secondary N) is 2. The van der Waals surface area contributed by atoms with Gasteiger partial charge in [-0.3, -0.25) is 0 Å². The van der Waals surface area contributed by atoms with Gasteiger partial charge in [0.2, 0.25) is 0 Å². The summed E-state index contributed by atoms with van der Waals surface area (Å²) < 4.78 is 25.9. The molecule has 3 aromatic heterocycles. The molecule has 2 aliphatic rings. The van der Waals surface area contributed by atoms with Crippen LogP contribution in [0.1, 0.15) is 107 Å². The van der Waals surface area contributed by atoms with E-state index in [4.69, 9.17) is 48.9 Å². The molecule has 0 unspecified atom stereocenters. The zero-order valence-electron chi connectivity index (χ0n) is 38.2. The van der Waals surface area contributed by atoms with E-state index in [0.717, 1.165) is 118 Å². The Morgan fingerprint density at radius 2 is 0.609 bits per heavy atom. The highest BCUT2D eigenvalue weighted by molar-refractivity contribution is 6.07. The summed E-state index contributed by atoms with van der Waals surface area (Å²) in [7, 11) is 0. The number of rotatable bonds is 16. The zero-order valence-corrected chi connectivity index (χ0v) is 38.2. The minimum absolute atomic E-state index is 0.0844. The van der Waals surface area contributed by atoms with Gasteiger partial charge in [0.25, 0.3) is 0 Å². The number of hydrogen-bond donors (Lipinski definition) is 2. The first-order valence-corrected chi connectivity index (χ1v) is 23.3. The fourth-order valence-corrected chi connectivity index (χ4v) is 8.60. The molecule has 0 amide bonds. The number of fused-ring (bicyclic) bond motifs is 20. The highest BCUT2D eigenvalue weighted by Crippen LogP contribution is 2.40. The summed E-state index contributed by atoms with van der Waals surface area (Å²) in [6.45, 7) is 17.1. The average molecular weight is 859 g/mol. The second kappa shape index (κ2) is 18.3. The van der Waals surface area contributed by atoms with Crippen LogP contribution in [0.3, 0.4) is 0 Å². The van der Waals surface area contributed by atoms with Crippen LogP contribution < -0.4 is 18.9 Å². The van der Waals surface area contributed by atoms with E-state index in [-0.39, 0.29) is 24.4 Å².